The third-order valence-electron chi connectivity index (χ3n) is 6.59. The van der Waals surface area contributed by atoms with Crippen LogP contribution in [0.2, 0.25) is 10.3 Å². The predicted molar refractivity (Wildman–Crippen MR) is 135 cm³/mol. The highest BCUT2D eigenvalue weighted by Crippen LogP contribution is 2.35. The van der Waals surface area contributed by atoms with Gasteiger partial charge in [-0.3, -0.25) is 4.79 Å². The van der Waals surface area contributed by atoms with Crippen LogP contribution in [-0.2, 0) is 11.8 Å². The minimum absolute atomic E-state index is 0.0898. The summed E-state index contributed by atoms with van der Waals surface area (Å²) in [6, 6.07) is 24.3. The first-order valence-corrected chi connectivity index (χ1v) is 12.2. The van der Waals surface area contributed by atoms with E-state index in [0.29, 0.717) is 12.1 Å². The largest absolute Gasteiger partial charge is 0.351 e. The van der Waals surface area contributed by atoms with Crippen molar-refractivity contribution in [3.05, 3.63) is 99.8 Å². The van der Waals surface area contributed by atoms with Gasteiger partial charge in [-0.15, -0.1) is 0 Å². The third-order valence-corrected chi connectivity index (χ3v) is 6.98. The lowest BCUT2D eigenvalue weighted by Crippen LogP contribution is -2.49. The Balaban J connectivity index is 1.38. The van der Waals surface area contributed by atoms with Gasteiger partial charge in [0, 0.05) is 17.5 Å². The number of benzene rings is 2. The number of amides is 1. The molecule has 0 bridgehead atoms. The number of aromatic nitrogens is 1. The van der Waals surface area contributed by atoms with E-state index in [0.717, 1.165) is 45.3 Å². The van der Waals surface area contributed by atoms with Crippen molar-refractivity contribution >= 4 is 29.1 Å². The highest BCUT2D eigenvalue weighted by atomic mass is 35.5. The highest BCUT2D eigenvalue weighted by Gasteiger charge is 2.36. The molecule has 4 rings (SSSR count). The van der Waals surface area contributed by atoms with E-state index in [1.165, 1.54) is 11.1 Å². The molecule has 3 aromatic rings. The molecular weight excluding hydrogens is 453 g/mol. The average molecular weight is 482 g/mol. The molecule has 0 spiro atoms. The van der Waals surface area contributed by atoms with Crippen molar-refractivity contribution in [2.45, 2.75) is 31.1 Å². The van der Waals surface area contributed by atoms with E-state index in [2.05, 4.69) is 69.8 Å². The molecule has 6 heteroatoms. The topological polar surface area (TPSA) is 45.2 Å². The van der Waals surface area contributed by atoms with Crippen molar-refractivity contribution in [3.63, 3.8) is 0 Å². The number of carbonyl (C=O) groups is 1. The van der Waals surface area contributed by atoms with Crippen molar-refractivity contribution in [2.75, 3.05) is 26.2 Å². The van der Waals surface area contributed by atoms with Crippen molar-refractivity contribution in [2.24, 2.45) is 0 Å². The van der Waals surface area contributed by atoms with Gasteiger partial charge in [0.25, 0.3) is 5.91 Å². The van der Waals surface area contributed by atoms with E-state index >= 15 is 0 Å². The van der Waals surface area contributed by atoms with Crippen LogP contribution >= 0.6 is 23.2 Å². The van der Waals surface area contributed by atoms with E-state index in [1.54, 1.807) is 12.1 Å². The molecule has 172 valence electrons. The number of piperidine rings is 1. The summed E-state index contributed by atoms with van der Waals surface area (Å²) in [5.41, 5.74) is 3.02. The number of hydrogen-bond donors (Lipinski definition) is 1. The van der Waals surface area contributed by atoms with E-state index in [-0.39, 0.29) is 21.6 Å². The van der Waals surface area contributed by atoms with E-state index in [9.17, 15) is 4.79 Å². The normalized spacial score (nSPS) is 15.8. The molecule has 2 heterocycles. The number of hydrogen-bond acceptors (Lipinski definition) is 3. The Kier molecular flexibility index (Phi) is 8.02. The van der Waals surface area contributed by atoms with Gasteiger partial charge in [0.2, 0.25) is 0 Å². The van der Waals surface area contributed by atoms with Gasteiger partial charge in [-0.05, 0) is 68.6 Å². The molecule has 1 amide bonds. The first kappa shape index (κ1) is 23.7. The van der Waals surface area contributed by atoms with Gasteiger partial charge in [-0.25, -0.2) is 4.98 Å². The summed E-state index contributed by atoms with van der Waals surface area (Å²) >= 11 is 12.0. The van der Waals surface area contributed by atoms with Crippen LogP contribution in [0.1, 0.15) is 40.7 Å². The summed E-state index contributed by atoms with van der Waals surface area (Å²) in [6.45, 7) is 3.71. The van der Waals surface area contributed by atoms with Crippen LogP contribution in [0, 0.1) is 0 Å². The standard InChI is InChI=1S/C27H29Cl2N3O/c28-24-18-22(19-25(29)31-24)26(33)30-20-27(23-11-5-2-6-12-23)13-16-32(17-14-27)15-7-10-21-8-3-1-4-9-21/h1-6,8-9,11-12,18-19H,7,10,13-17,20H2,(H,30,33). The number of aryl methyl sites for hydroxylation is 1. The van der Waals surface area contributed by atoms with E-state index in [4.69, 9.17) is 23.2 Å². The highest BCUT2D eigenvalue weighted by molar-refractivity contribution is 6.33. The maximum absolute atomic E-state index is 12.8. The van der Waals surface area contributed by atoms with Crippen LogP contribution in [0.4, 0.5) is 0 Å². The van der Waals surface area contributed by atoms with Crippen molar-refractivity contribution in [1.82, 2.24) is 15.2 Å². The van der Waals surface area contributed by atoms with Crippen LogP contribution in [0.15, 0.2) is 72.8 Å². The molecule has 1 aliphatic heterocycles. The van der Waals surface area contributed by atoms with Crippen LogP contribution < -0.4 is 5.32 Å². The second-order valence-electron chi connectivity index (χ2n) is 8.76. The van der Waals surface area contributed by atoms with E-state index < -0.39 is 0 Å². The molecule has 1 saturated heterocycles. The summed E-state index contributed by atoms with van der Waals surface area (Å²) < 4.78 is 0. The smallest absolute Gasteiger partial charge is 0.251 e. The molecule has 1 aromatic heterocycles. The van der Waals surface area contributed by atoms with E-state index in [1.807, 2.05) is 6.07 Å². The van der Waals surface area contributed by atoms with Gasteiger partial charge in [-0.2, -0.15) is 0 Å². The number of rotatable bonds is 8. The van der Waals surface area contributed by atoms with Gasteiger partial charge in [0.1, 0.15) is 10.3 Å². The van der Waals surface area contributed by atoms with Gasteiger partial charge in [0.15, 0.2) is 0 Å². The van der Waals surface area contributed by atoms with Crippen LogP contribution in [0.25, 0.3) is 0 Å². The predicted octanol–water partition coefficient (Wildman–Crippen LogP) is 5.78. The van der Waals surface area contributed by atoms with Crippen LogP contribution in [0.3, 0.4) is 0 Å². The number of halogens is 2. The lowest BCUT2D eigenvalue weighted by atomic mass is 9.72. The monoisotopic (exact) mass is 481 g/mol. The fraction of sp³-hybridized carbons (Fsp3) is 0.333. The average Bonchev–Trinajstić information content (AvgIpc) is 2.84. The summed E-state index contributed by atoms with van der Waals surface area (Å²) in [6.07, 6.45) is 4.26. The van der Waals surface area contributed by atoms with Gasteiger partial charge >= 0.3 is 0 Å². The van der Waals surface area contributed by atoms with Crippen molar-refractivity contribution < 1.29 is 4.79 Å². The molecule has 1 N–H and O–H groups in total. The number of nitrogens with one attached hydrogen (secondary N) is 1. The number of carbonyl (C=O) groups excluding carboxylic acids is 1. The van der Waals surface area contributed by atoms with Gasteiger partial charge < -0.3 is 10.2 Å². The molecule has 33 heavy (non-hydrogen) atoms. The fourth-order valence-electron chi connectivity index (χ4n) is 4.66. The van der Waals surface area contributed by atoms with Crippen molar-refractivity contribution in [1.29, 1.82) is 0 Å². The zero-order valence-corrected chi connectivity index (χ0v) is 20.2. The Bertz CT molecular complexity index is 1030. The van der Waals surface area contributed by atoms with Gasteiger partial charge in [0.05, 0.1) is 0 Å². The Morgan fingerprint density at radius 1 is 0.939 bits per heavy atom. The van der Waals surface area contributed by atoms with Crippen LogP contribution in [-0.4, -0.2) is 42.0 Å². The lowest BCUT2D eigenvalue weighted by Gasteiger charge is -2.42. The Morgan fingerprint density at radius 2 is 1.55 bits per heavy atom. The molecule has 0 atom stereocenters. The SMILES string of the molecule is O=C(NCC1(c2ccccc2)CCN(CCCc2ccccc2)CC1)c1cc(Cl)nc(Cl)c1. The minimum atomic E-state index is -0.179. The van der Waals surface area contributed by atoms with Gasteiger partial charge in [-0.1, -0.05) is 83.9 Å². The maximum Gasteiger partial charge on any atom is 0.251 e. The quantitative estimate of drug-likeness (QED) is 0.414. The second kappa shape index (κ2) is 11.1. The molecule has 0 radical (unpaired) electrons. The Hall–Kier alpha value is -2.40. The van der Waals surface area contributed by atoms with Crippen LogP contribution in [0.5, 0.6) is 0 Å². The first-order chi connectivity index (χ1) is 16.0. The lowest BCUT2D eigenvalue weighted by molar-refractivity contribution is 0.0921. The molecule has 0 aliphatic carbocycles. The molecule has 2 aromatic carbocycles. The first-order valence-electron chi connectivity index (χ1n) is 11.5. The second-order valence-corrected chi connectivity index (χ2v) is 9.54. The molecular formula is C27H29Cl2N3O. The zero-order valence-electron chi connectivity index (χ0n) is 18.6. The van der Waals surface area contributed by atoms with Crippen molar-refractivity contribution in [3.8, 4) is 0 Å². The summed E-state index contributed by atoms with van der Waals surface area (Å²) in [5.74, 6) is -0.179. The summed E-state index contributed by atoms with van der Waals surface area (Å²) in [5, 5.41) is 3.57. The Labute approximate surface area is 205 Å². The molecule has 0 saturated carbocycles. The molecule has 0 unspecified atom stereocenters. The molecule has 1 aliphatic rings. The number of nitrogens with zero attached hydrogens (tertiary/aromatic N) is 2. The minimum Gasteiger partial charge on any atom is -0.351 e. The molecule has 1 fully saturated rings. The summed E-state index contributed by atoms with van der Waals surface area (Å²) in [7, 11) is 0. The summed E-state index contributed by atoms with van der Waals surface area (Å²) in [4.78, 5) is 19.3. The molecule has 4 nitrogen and oxygen atoms in total. The Morgan fingerprint density at radius 3 is 2.18 bits per heavy atom. The zero-order chi connectivity index (χ0) is 23.1. The third kappa shape index (κ3) is 6.35. The maximum atomic E-state index is 12.8. The fourth-order valence-corrected chi connectivity index (χ4v) is 5.12. The number of likely N-dealkylation sites (tertiary alicyclic amines) is 1. The number of pyridine rings is 1.